The highest BCUT2D eigenvalue weighted by Crippen LogP contribution is 2.05. The topological polar surface area (TPSA) is 96.0 Å². The Morgan fingerprint density at radius 1 is 1.75 bits per heavy atom. The van der Waals surface area contributed by atoms with Crippen LogP contribution in [0.3, 0.4) is 0 Å². The van der Waals surface area contributed by atoms with Crippen molar-refractivity contribution < 1.29 is 4.92 Å². The molecule has 0 aliphatic heterocycles. The van der Waals surface area contributed by atoms with Crippen LogP contribution in [0.4, 0.5) is 5.95 Å². The largest absolute Gasteiger partial charge is 0.434 e. The second-order valence-electron chi connectivity index (χ2n) is 1.77. The molecule has 6 nitrogen and oxygen atoms in total. The first-order valence-electron chi connectivity index (χ1n) is 2.91. The molecule has 1 aromatic heterocycles. The maximum Gasteiger partial charge on any atom is 0.434 e. The van der Waals surface area contributed by atoms with Gasteiger partial charge in [0.1, 0.15) is 12.4 Å². The molecule has 0 bridgehead atoms. The number of hydrogen-bond donors (Lipinski definition) is 1. The minimum atomic E-state index is -0.497. The number of nitro groups is 1. The SMILES string of the molecule is CCn1ccnc1[N+](=O)[O-].Cl.N. The molecule has 1 heterocycles. The van der Waals surface area contributed by atoms with Gasteiger partial charge in [-0.3, -0.25) is 0 Å². The Bertz CT molecular complexity index is 249. The lowest BCUT2D eigenvalue weighted by Crippen LogP contribution is -2.00. The first-order valence-corrected chi connectivity index (χ1v) is 2.91. The van der Waals surface area contributed by atoms with Crippen molar-refractivity contribution >= 4 is 18.4 Å². The first kappa shape index (κ1) is 13.4. The van der Waals surface area contributed by atoms with Gasteiger partial charge >= 0.3 is 5.95 Å². The molecule has 0 saturated carbocycles. The minimum Gasteiger partial charge on any atom is -0.390 e. The number of imidazole rings is 1. The third kappa shape index (κ3) is 2.48. The van der Waals surface area contributed by atoms with E-state index in [4.69, 9.17) is 0 Å². The van der Waals surface area contributed by atoms with Gasteiger partial charge in [-0.1, -0.05) is 4.98 Å². The lowest BCUT2D eigenvalue weighted by atomic mass is 10.7. The molecule has 1 rings (SSSR count). The zero-order chi connectivity index (χ0) is 7.56. The van der Waals surface area contributed by atoms with Gasteiger partial charge < -0.3 is 16.3 Å². The van der Waals surface area contributed by atoms with E-state index in [1.807, 2.05) is 6.92 Å². The average Bonchev–Trinajstić information content (AvgIpc) is 2.33. The maximum atomic E-state index is 10.2. The molecule has 0 radical (unpaired) electrons. The van der Waals surface area contributed by atoms with Crippen molar-refractivity contribution in [2.45, 2.75) is 13.5 Å². The van der Waals surface area contributed by atoms with E-state index in [2.05, 4.69) is 4.98 Å². The maximum absolute atomic E-state index is 10.2. The number of aryl methyl sites for hydroxylation is 1. The molecule has 0 saturated heterocycles. The highest BCUT2D eigenvalue weighted by molar-refractivity contribution is 5.85. The van der Waals surface area contributed by atoms with Crippen molar-refractivity contribution in [2.75, 3.05) is 0 Å². The van der Waals surface area contributed by atoms with Gasteiger partial charge in [0.2, 0.25) is 0 Å². The molecule has 1 aromatic rings. The molecule has 0 atom stereocenters. The van der Waals surface area contributed by atoms with Crippen LogP contribution in [0.2, 0.25) is 0 Å². The fourth-order valence-electron chi connectivity index (χ4n) is 0.720. The molecule has 12 heavy (non-hydrogen) atoms. The van der Waals surface area contributed by atoms with Crippen LogP contribution in [0.5, 0.6) is 0 Å². The second-order valence-corrected chi connectivity index (χ2v) is 1.77. The van der Waals surface area contributed by atoms with Gasteiger partial charge in [0, 0.05) is 0 Å². The molecule has 7 heteroatoms. The minimum absolute atomic E-state index is 0. The summed E-state index contributed by atoms with van der Waals surface area (Å²) >= 11 is 0. The summed E-state index contributed by atoms with van der Waals surface area (Å²) in [6.07, 6.45) is 3.00. The Labute approximate surface area is 75.7 Å². The van der Waals surface area contributed by atoms with Crippen molar-refractivity contribution in [3.05, 3.63) is 22.5 Å². The van der Waals surface area contributed by atoms with Crippen molar-refractivity contribution in [1.29, 1.82) is 0 Å². The summed E-state index contributed by atoms with van der Waals surface area (Å²) < 4.78 is 1.47. The molecule has 0 spiro atoms. The normalized spacial score (nSPS) is 8.08. The molecule has 70 valence electrons. The monoisotopic (exact) mass is 194 g/mol. The Morgan fingerprint density at radius 2 is 2.33 bits per heavy atom. The molecule has 0 fully saturated rings. The van der Waals surface area contributed by atoms with Gasteiger partial charge in [-0.05, 0) is 11.8 Å². The quantitative estimate of drug-likeness (QED) is 0.568. The van der Waals surface area contributed by atoms with Crippen LogP contribution >= 0.6 is 12.4 Å². The summed E-state index contributed by atoms with van der Waals surface area (Å²) in [7, 11) is 0. The van der Waals surface area contributed by atoms with Crippen LogP contribution in [0.15, 0.2) is 12.4 Å². The standard InChI is InChI=1S/C5H7N3O2.ClH.H3N/c1-2-7-4-3-6-5(7)8(9)10;;/h3-4H,2H2,1H3;1H;1H3. The summed E-state index contributed by atoms with van der Waals surface area (Å²) in [6.45, 7) is 2.41. The summed E-state index contributed by atoms with van der Waals surface area (Å²) in [6, 6.07) is 0. The van der Waals surface area contributed by atoms with Gasteiger partial charge in [-0.25, -0.2) is 4.57 Å². The first-order chi connectivity index (χ1) is 4.75. The zero-order valence-electron chi connectivity index (χ0n) is 6.64. The van der Waals surface area contributed by atoms with Crippen LogP contribution in [0.25, 0.3) is 0 Å². The van der Waals surface area contributed by atoms with Crippen LogP contribution in [0, 0.1) is 10.1 Å². The fraction of sp³-hybridized carbons (Fsp3) is 0.400. The molecular formula is C5H11ClN4O2. The molecule has 3 N–H and O–H groups in total. The van der Waals surface area contributed by atoms with E-state index in [0.29, 0.717) is 6.54 Å². The molecule has 0 unspecified atom stereocenters. The van der Waals surface area contributed by atoms with Gasteiger partial charge in [0.05, 0.1) is 6.54 Å². The molecule has 0 aliphatic carbocycles. The highest BCUT2D eigenvalue weighted by Gasteiger charge is 2.10. The summed E-state index contributed by atoms with van der Waals surface area (Å²) in [5.74, 6) is -0.0949. The van der Waals surface area contributed by atoms with E-state index in [1.165, 1.54) is 10.8 Å². The number of hydrogen-bond acceptors (Lipinski definition) is 4. The van der Waals surface area contributed by atoms with Gasteiger partial charge in [0.25, 0.3) is 0 Å². The predicted octanol–water partition coefficient (Wildman–Crippen LogP) is 1.39. The van der Waals surface area contributed by atoms with Crippen LogP contribution in [0.1, 0.15) is 6.92 Å². The van der Waals surface area contributed by atoms with Gasteiger partial charge in [0.15, 0.2) is 0 Å². The third-order valence-corrected chi connectivity index (χ3v) is 1.20. The average molecular weight is 195 g/mol. The number of aromatic nitrogens is 2. The van der Waals surface area contributed by atoms with E-state index in [9.17, 15) is 10.1 Å². The Hall–Kier alpha value is -1.14. The Balaban J connectivity index is 0. The fourth-order valence-corrected chi connectivity index (χ4v) is 0.720. The lowest BCUT2D eigenvalue weighted by Gasteiger charge is -1.94. The van der Waals surface area contributed by atoms with Crippen molar-refractivity contribution in [1.82, 2.24) is 15.7 Å². The van der Waals surface area contributed by atoms with E-state index >= 15 is 0 Å². The van der Waals surface area contributed by atoms with Crippen molar-refractivity contribution in [2.24, 2.45) is 0 Å². The van der Waals surface area contributed by atoms with E-state index in [-0.39, 0.29) is 24.5 Å². The van der Waals surface area contributed by atoms with Crippen LogP contribution in [-0.4, -0.2) is 14.5 Å². The summed E-state index contributed by atoms with van der Waals surface area (Å²) in [5.41, 5.74) is 0. The van der Waals surface area contributed by atoms with Gasteiger partial charge in [-0.2, -0.15) is 0 Å². The molecule has 0 aliphatic rings. The van der Waals surface area contributed by atoms with Crippen LogP contribution < -0.4 is 6.15 Å². The Morgan fingerprint density at radius 3 is 2.67 bits per heavy atom. The second kappa shape index (κ2) is 5.50. The zero-order valence-corrected chi connectivity index (χ0v) is 7.45. The molecule has 0 aromatic carbocycles. The number of halogens is 1. The summed E-state index contributed by atoms with van der Waals surface area (Å²) in [5, 5.41) is 10.2. The summed E-state index contributed by atoms with van der Waals surface area (Å²) in [4.78, 5) is 13.2. The number of nitrogens with zero attached hydrogens (tertiary/aromatic N) is 3. The lowest BCUT2D eigenvalue weighted by molar-refractivity contribution is -0.396. The van der Waals surface area contributed by atoms with Crippen molar-refractivity contribution in [3.8, 4) is 0 Å². The number of rotatable bonds is 2. The smallest absolute Gasteiger partial charge is 0.390 e. The van der Waals surface area contributed by atoms with E-state index < -0.39 is 4.92 Å². The molecule has 0 amide bonds. The highest BCUT2D eigenvalue weighted by atomic mass is 35.5. The van der Waals surface area contributed by atoms with Crippen molar-refractivity contribution in [3.63, 3.8) is 0 Å². The predicted molar refractivity (Wildman–Crippen MR) is 46.8 cm³/mol. The molecular weight excluding hydrogens is 184 g/mol. The third-order valence-electron chi connectivity index (χ3n) is 1.20. The van der Waals surface area contributed by atoms with E-state index in [1.54, 1.807) is 6.20 Å². The Kier molecular flexibility index (Phi) is 6.17. The van der Waals surface area contributed by atoms with Gasteiger partial charge in [-0.15, -0.1) is 12.4 Å². The van der Waals surface area contributed by atoms with E-state index in [0.717, 1.165) is 0 Å². The van der Waals surface area contributed by atoms with Crippen LogP contribution in [-0.2, 0) is 6.54 Å².